The molecular weight excluding hydrogens is 462 g/mol. The van der Waals surface area contributed by atoms with Gasteiger partial charge in [0.1, 0.15) is 5.82 Å². The molecule has 1 aromatic carbocycles. The van der Waals surface area contributed by atoms with Gasteiger partial charge in [-0.2, -0.15) is 10.3 Å². The van der Waals surface area contributed by atoms with E-state index < -0.39 is 0 Å². The number of rotatable bonds is 10. The third-order valence-corrected chi connectivity index (χ3v) is 8.59. The fourth-order valence-electron chi connectivity index (χ4n) is 6.59. The number of benzene rings is 1. The van der Waals surface area contributed by atoms with E-state index in [0.717, 1.165) is 48.9 Å². The third kappa shape index (κ3) is 6.28. The Bertz CT molecular complexity index is 1170. The number of H-pyrrole nitrogens is 1. The Kier molecular flexibility index (Phi) is 8.64. The smallest absolute Gasteiger partial charge is 0.279 e. The van der Waals surface area contributed by atoms with Gasteiger partial charge >= 0.3 is 5.69 Å². The summed E-state index contributed by atoms with van der Waals surface area (Å²) in [5, 5.41) is 19.9. The highest BCUT2D eigenvalue weighted by molar-refractivity contribution is 5.48. The lowest BCUT2D eigenvalue weighted by Gasteiger charge is -2.39. The van der Waals surface area contributed by atoms with E-state index in [1.165, 1.54) is 51.4 Å². The van der Waals surface area contributed by atoms with Crippen LogP contribution in [0.2, 0.25) is 0 Å². The molecule has 1 N–H and O–H groups in total. The summed E-state index contributed by atoms with van der Waals surface area (Å²) in [6, 6.07) is 10.2. The first-order valence-corrected chi connectivity index (χ1v) is 14.3. The Morgan fingerprint density at radius 2 is 1.86 bits per heavy atom. The van der Waals surface area contributed by atoms with Gasteiger partial charge in [0.05, 0.1) is 6.54 Å². The lowest BCUT2D eigenvalue weighted by Crippen LogP contribution is -2.32. The lowest BCUT2D eigenvalue weighted by molar-refractivity contribution is 0.137. The molecule has 2 aliphatic rings. The second-order valence-corrected chi connectivity index (χ2v) is 11.0. The first-order valence-electron chi connectivity index (χ1n) is 14.3. The van der Waals surface area contributed by atoms with Crippen LogP contribution in [0.3, 0.4) is 0 Å². The van der Waals surface area contributed by atoms with Crippen molar-refractivity contribution in [3.05, 3.63) is 64.1 Å². The highest BCUT2D eigenvalue weighted by Crippen LogP contribution is 2.46. The molecule has 0 saturated heterocycles. The first kappa shape index (κ1) is 25.6. The number of allylic oxidation sites excluding steroid dienone is 1. The van der Waals surface area contributed by atoms with Crippen molar-refractivity contribution in [1.29, 1.82) is 0 Å². The average molecular weight is 504 g/mol. The molecule has 0 bridgehead atoms. The molecule has 2 aromatic heterocycles. The van der Waals surface area contributed by atoms with Crippen LogP contribution in [0.1, 0.15) is 94.3 Å². The number of unbranched alkanes of at least 4 members (excludes halogenated alkanes) is 1. The molecule has 0 amide bonds. The van der Waals surface area contributed by atoms with E-state index >= 15 is 0 Å². The van der Waals surface area contributed by atoms with Gasteiger partial charge in [0.25, 0.3) is 0 Å². The van der Waals surface area contributed by atoms with Crippen molar-refractivity contribution in [3.63, 3.8) is 0 Å². The number of nitrogens with one attached hydrogen (secondary N) is 1. The highest BCUT2D eigenvalue weighted by Gasteiger charge is 2.37. The molecule has 2 heterocycles. The molecule has 8 nitrogen and oxygen atoms in total. The van der Waals surface area contributed by atoms with Crippen molar-refractivity contribution in [2.24, 2.45) is 17.8 Å². The van der Waals surface area contributed by atoms with Gasteiger partial charge in [-0.3, -0.25) is 4.57 Å². The van der Waals surface area contributed by atoms with Crippen LogP contribution >= 0.6 is 0 Å². The van der Waals surface area contributed by atoms with Crippen LogP contribution < -0.4 is 5.69 Å². The predicted octanol–water partition coefficient (Wildman–Crippen LogP) is 5.39. The molecule has 5 rings (SSSR count). The van der Waals surface area contributed by atoms with Crippen molar-refractivity contribution in [3.8, 4) is 0 Å². The summed E-state index contributed by atoms with van der Waals surface area (Å²) in [5.74, 6) is 4.23. The van der Waals surface area contributed by atoms with Gasteiger partial charge < -0.3 is 0 Å². The summed E-state index contributed by atoms with van der Waals surface area (Å²) < 4.78 is 3.63. The molecule has 2 unspecified atom stereocenters. The zero-order chi connectivity index (χ0) is 25.5. The minimum atomic E-state index is 0.0374. The van der Waals surface area contributed by atoms with Crippen molar-refractivity contribution in [1.82, 2.24) is 35.0 Å². The van der Waals surface area contributed by atoms with Crippen molar-refractivity contribution in [2.75, 3.05) is 0 Å². The van der Waals surface area contributed by atoms with Crippen LogP contribution in [-0.2, 0) is 19.5 Å². The maximum Gasteiger partial charge on any atom is 0.346 e. The maximum absolute atomic E-state index is 13.4. The van der Waals surface area contributed by atoms with Crippen molar-refractivity contribution >= 4 is 6.08 Å². The summed E-state index contributed by atoms with van der Waals surface area (Å²) >= 11 is 0. The molecule has 2 fully saturated rings. The molecule has 37 heavy (non-hydrogen) atoms. The largest absolute Gasteiger partial charge is 0.346 e. The number of hydrogen-bond donors (Lipinski definition) is 1. The quantitative estimate of drug-likeness (QED) is 0.400. The first-order chi connectivity index (χ1) is 18.2. The molecule has 0 aliphatic heterocycles. The molecule has 0 radical (unpaired) electrons. The second-order valence-electron chi connectivity index (χ2n) is 11.0. The summed E-state index contributed by atoms with van der Waals surface area (Å²) in [6.07, 6.45) is 17.0. The van der Waals surface area contributed by atoms with Crippen LogP contribution in [0.4, 0.5) is 0 Å². The summed E-state index contributed by atoms with van der Waals surface area (Å²) in [5.41, 5.74) is 1.17. The van der Waals surface area contributed by atoms with Crippen LogP contribution in [0.5, 0.6) is 0 Å². The molecule has 8 heteroatoms. The fourth-order valence-corrected chi connectivity index (χ4v) is 6.59. The van der Waals surface area contributed by atoms with Gasteiger partial charge in [0, 0.05) is 18.9 Å². The Hall–Kier alpha value is -3.03. The Labute approximate surface area is 219 Å². The molecule has 2 saturated carbocycles. The monoisotopic (exact) mass is 503 g/mol. The van der Waals surface area contributed by atoms with E-state index in [0.29, 0.717) is 24.3 Å². The van der Waals surface area contributed by atoms with Crippen molar-refractivity contribution < 1.29 is 0 Å². The zero-order valence-electron chi connectivity index (χ0n) is 22.1. The standard InChI is InChI=1S/C29H41N7O/c1-2-3-15-27-32-36(20-9-12-22-10-5-4-6-11-22)29(37)35(27)21-23-16-18-24(19-17-23)25-13-7-8-14-26(25)28-30-33-34-31-28/h4-6,9-12,23-26H,2-3,7-8,13-21H2,1H3,(H,30,31,33,34)/b12-9+. The minimum Gasteiger partial charge on any atom is -0.279 e. The van der Waals surface area contributed by atoms with Gasteiger partial charge in [0.2, 0.25) is 0 Å². The van der Waals surface area contributed by atoms with Gasteiger partial charge in [0.15, 0.2) is 5.82 Å². The Morgan fingerprint density at radius 1 is 1.05 bits per heavy atom. The second kappa shape index (κ2) is 12.5. The normalized spacial score (nSPS) is 24.6. The highest BCUT2D eigenvalue weighted by atomic mass is 16.2. The van der Waals surface area contributed by atoms with E-state index in [4.69, 9.17) is 5.10 Å². The van der Waals surface area contributed by atoms with E-state index in [1.807, 2.05) is 28.8 Å². The number of aromatic amines is 1. The van der Waals surface area contributed by atoms with Gasteiger partial charge in [-0.25, -0.2) is 9.48 Å². The summed E-state index contributed by atoms with van der Waals surface area (Å²) in [4.78, 5) is 13.4. The lowest BCUT2D eigenvalue weighted by atomic mass is 9.66. The molecule has 3 aromatic rings. The Balaban J connectivity index is 1.23. The van der Waals surface area contributed by atoms with Crippen LogP contribution in [0.15, 0.2) is 41.2 Å². The van der Waals surface area contributed by atoms with E-state index in [-0.39, 0.29) is 5.69 Å². The van der Waals surface area contributed by atoms with Crippen LogP contribution in [0, 0.1) is 17.8 Å². The van der Waals surface area contributed by atoms with E-state index in [2.05, 4.69) is 45.8 Å². The third-order valence-electron chi connectivity index (χ3n) is 8.59. The van der Waals surface area contributed by atoms with Gasteiger partial charge in [-0.15, -0.1) is 10.2 Å². The molecule has 0 spiro atoms. The number of aryl methyl sites for hydroxylation is 1. The molecule has 2 atom stereocenters. The summed E-state index contributed by atoms with van der Waals surface area (Å²) in [6.45, 7) is 3.49. The van der Waals surface area contributed by atoms with Crippen LogP contribution in [0.25, 0.3) is 6.08 Å². The van der Waals surface area contributed by atoms with Gasteiger partial charge in [-0.1, -0.05) is 73.9 Å². The zero-order valence-corrected chi connectivity index (χ0v) is 22.1. The number of tetrazole rings is 1. The number of nitrogens with zero attached hydrogens (tertiary/aromatic N) is 6. The summed E-state index contributed by atoms with van der Waals surface area (Å²) in [7, 11) is 0. The maximum atomic E-state index is 13.4. The molecule has 2 aliphatic carbocycles. The topological polar surface area (TPSA) is 94.3 Å². The van der Waals surface area contributed by atoms with E-state index in [9.17, 15) is 4.79 Å². The number of aromatic nitrogens is 7. The molecule has 198 valence electrons. The Morgan fingerprint density at radius 3 is 2.62 bits per heavy atom. The van der Waals surface area contributed by atoms with Crippen molar-refractivity contribution in [2.45, 2.75) is 96.6 Å². The molecular formula is C29H41N7O. The van der Waals surface area contributed by atoms with Crippen LogP contribution in [-0.4, -0.2) is 35.0 Å². The van der Waals surface area contributed by atoms with E-state index in [1.54, 1.807) is 4.68 Å². The number of hydrogen-bond acceptors (Lipinski definition) is 5. The fraction of sp³-hybridized carbons (Fsp3) is 0.621. The average Bonchev–Trinajstić information content (AvgIpc) is 3.58. The predicted molar refractivity (Wildman–Crippen MR) is 145 cm³/mol. The minimum absolute atomic E-state index is 0.0374. The SMILES string of the molecule is CCCCc1nn(C/C=C/c2ccccc2)c(=O)n1CC1CCC(C2CCCCC2c2nn[nH]n2)CC1. The van der Waals surface area contributed by atoms with Gasteiger partial charge in [-0.05, 0) is 68.3 Å².